The van der Waals surface area contributed by atoms with E-state index in [2.05, 4.69) is 18.3 Å². The lowest BCUT2D eigenvalue weighted by molar-refractivity contribution is -0.299. The van der Waals surface area contributed by atoms with Crippen LogP contribution in [0.2, 0.25) is 0 Å². The molecule has 0 amide bonds. The van der Waals surface area contributed by atoms with Gasteiger partial charge in [-0.05, 0) is 13.0 Å². The summed E-state index contributed by atoms with van der Waals surface area (Å²) in [6.45, 7) is 0.161. The van der Waals surface area contributed by atoms with Crippen molar-refractivity contribution in [2.24, 2.45) is 0 Å². The molecule has 2 saturated heterocycles. The van der Waals surface area contributed by atoms with E-state index >= 15 is 0 Å². The van der Waals surface area contributed by atoms with Gasteiger partial charge in [-0.25, -0.2) is 9.11 Å². The second-order valence-corrected chi connectivity index (χ2v) is 10.6. The average Bonchev–Trinajstić information content (AvgIpc) is 3.02. The van der Waals surface area contributed by atoms with E-state index in [-0.39, 0.29) is 5.82 Å². The summed E-state index contributed by atoms with van der Waals surface area (Å²) in [5.41, 5.74) is 4.43. The Morgan fingerprint density at radius 3 is 2.34 bits per heavy atom. The van der Waals surface area contributed by atoms with E-state index in [1.54, 1.807) is 0 Å². The number of nitrogens with two attached hydrogens (primary N) is 1. The van der Waals surface area contributed by atoms with Gasteiger partial charge in [-0.3, -0.25) is 18.2 Å². The molecule has 35 heavy (non-hydrogen) atoms. The number of ether oxygens (including phenoxy) is 2. The zero-order valence-corrected chi connectivity index (χ0v) is 19.5. The standard InChI is InChI=1S/C15H25N3O15P2/c1-5-8(19)10(21)12(23)14(30-5)32-35(27,28)33-34(25,26)29-4-6-9(20)11(22)13(31-6)18-3-2-7(16)17-15(18)24/h2-3,5-6,8-14,19-23H,4H2,1H3,(H,25,26)(H,27,28)(H2,16,17,24)/p-2/t5-,6-,8+,9-,10-,11-,12-,13-,14-/m1/s1. The molecule has 0 bridgehead atoms. The number of aromatic nitrogens is 2. The summed E-state index contributed by atoms with van der Waals surface area (Å²) in [6, 6.07) is 1.20. The summed E-state index contributed by atoms with van der Waals surface area (Å²) < 4.78 is 47.5. The summed E-state index contributed by atoms with van der Waals surface area (Å²) in [7, 11) is -11.5. The summed E-state index contributed by atoms with van der Waals surface area (Å²) in [6.07, 6.45) is -14.3. The van der Waals surface area contributed by atoms with Gasteiger partial charge in [0.15, 0.2) is 12.5 Å². The highest BCUT2D eigenvalue weighted by Crippen LogP contribution is 2.57. The minimum atomic E-state index is -5.80. The number of phosphoric ester groups is 2. The summed E-state index contributed by atoms with van der Waals surface area (Å²) in [5, 5.41) is 49.3. The molecule has 2 unspecified atom stereocenters. The maximum absolute atomic E-state index is 12.0. The van der Waals surface area contributed by atoms with Crippen LogP contribution in [0.5, 0.6) is 0 Å². The molecule has 0 aromatic carbocycles. The smallest absolute Gasteiger partial charge is 0.351 e. The third-order valence-corrected chi connectivity index (χ3v) is 7.63. The van der Waals surface area contributed by atoms with Crippen LogP contribution in [0.4, 0.5) is 5.82 Å². The fourth-order valence-corrected chi connectivity index (χ4v) is 5.35. The molecule has 0 saturated carbocycles. The molecule has 3 rings (SSSR count). The normalized spacial score (nSPS) is 39.1. The van der Waals surface area contributed by atoms with Gasteiger partial charge in [0.2, 0.25) is 0 Å². The van der Waals surface area contributed by atoms with Gasteiger partial charge in [0.05, 0.1) is 12.7 Å². The Labute approximate surface area is 196 Å². The first kappa shape index (κ1) is 28.2. The number of nitrogens with zero attached hydrogens (tertiary/aromatic N) is 2. The van der Waals surface area contributed by atoms with Crippen LogP contribution in [-0.2, 0) is 32.0 Å². The highest BCUT2D eigenvalue weighted by molar-refractivity contribution is 7.59. The summed E-state index contributed by atoms with van der Waals surface area (Å²) in [4.78, 5) is 39.3. The third-order valence-electron chi connectivity index (χ3n) is 5.10. The van der Waals surface area contributed by atoms with Crippen molar-refractivity contribution in [1.29, 1.82) is 0 Å². The van der Waals surface area contributed by atoms with Gasteiger partial charge in [-0.15, -0.1) is 0 Å². The first-order valence-electron chi connectivity index (χ1n) is 9.84. The van der Waals surface area contributed by atoms with Crippen molar-refractivity contribution in [3.63, 3.8) is 0 Å². The Hall–Kier alpha value is -1.34. The van der Waals surface area contributed by atoms with E-state index in [1.807, 2.05) is 0 Å². The van der Waals surface area contributed by atoms with Crippen LogP contribution in [0.25, 0.3) is 0 Å². The number of hydrogen-bond donors (Lipinski definition) is 6. The van der Waals surface area contributed by atoms with E-state index in [4.69, 9.17) is 15.2 Å². The zero-order chi connectivity index (χ0) is 26.3. The molecule has 18 nitrogen and oxygen atoms in total. The average molecular weight is 547 g/mol. The lowest BCUT2D eigenvalue weighted by Gasteiger charge is -2.41. The first-order valence-corrected chi connectivity index (χ1v) is 12.8. The van der Waals surface area contributed by atoms with E-state index in [1.165, 1.54) is 13.0 Å². The van der Waals surface area contributed by atoms with E-state index in [9.17, 15) is 49.2 Å². The lowest BCUT2D eigenvalue weighted by Crippen LogP contribution is -2.57. The van der Waals surface area contributed by atoms with Crippen LogP contribution in [0.1, 0.15) is 13.2 Å². The molecule has 2 aliphatic heterocycles. The Morgan fingerprint density at radius 1 is 1.06 bits per heavy atom. The molecule has 3 heterocycles. The van der Waals surface area contributed by atoms with E-state index in [0.717, 1.165) is 10.8 Å². The second-order valence-electron chi connectivity index (χ2n) is 7.65. The predicted octanol–water partition coefficient (Wildman–Crippen LogP) is -4.74. The molecule has 2 fully saturated rings. The molecule has 0 spiro atoms. The fourth-order valence-electron chi connectivity index (χ4n) is 3.27. The molecule has 0 radical (unpaired) electrons. The Balaban J connectivity index is 1.60. The lowest BCUT2D eigenvalue weighted by atomic mass is 10.0. The van der Waals surface area contributed by atoms with Crippen molar-refractivity contribution < 1.29 is 67.3 Å². The van der Waals surface area contributed by atoms with Gasteiger partial charge in [0.1, 0.15) is 42.4 Å². The van der Waals surface area contributed by atoms with Gasteiger partial charge in [-0.1, -0.05) is 0 Å². The van der Waals surface area contributed by atoms with Gasteiger partial charge >= 0.3 is 5.69 Å². The van der Waals surface area contributed by atoms with Crippen LogP contribution >= 0.6 is 15.6 Å². The number of aliphatic hydroxyl groups is 5. The molecule has 200 valence electrons. The van der Waals surface area contributed by atoms with E-state index < -0.39 is 83.2 Å². The molecule has 1 aromatic rings. The molecule has 0 aliphatic carbocycles. The summed E-state index contributed by atoms with van der Waals surface area (Å²) in [5.74, 6) is -0.126. The van der Waals surface area contributed by atoms with Gasteiger partial charge in [-0.2, -0.15) is 4.98 Å². The molecule has 20 heteroatoms. The van der Waals surface area contributed by atoms with E-state index in [0.29, 0.717) is 0 Å². The minimum Gasteiger partial charge on any atom is -0.756 e. The quantitative estimate of drug-likeness (QED) is 0.167. The fraction of sp³-hybridized carbons (Fsp3) is 0.733. The maximum Gasteiger partial charge on any atom is 0.351 e. The van der Waals surface area contributed by atoms with Crippen molar-refractivity contribution in [2.75, 3.05) is 12.3 Å². The molecule has 7 N–H and O–H groups in total. The van der Waals surface area contributed by atoms with Gasteiger partial charge < -0.3 is 55.1 Å². The maximum atomic E-state index is 12.0. The van der Waals surface area contributed by atoms with Crippen LogP contribution in [0, 0.1) is 0 Å². The monoisotopic (exact) mass is 547 g/mol. The SMILES string of the molecule is C[C@H]1O[C@H](OP(=O)([O-])OP(=O)([O-])OC[C@H]2O[C@@H](n3ccc(N)nc3=O)[C@H](O)[C@@H]2O)[C@H](O)[C@H](O)[C@H]1O. The van der Waals surface area contributed by atoms with Crippen LogP contribution < -0.4 is 21.2 Å². The number of aliphatic hydroxyl groups excluding tert-OH is 5. The predicted molar refractivity (Wildman–Crippen MR) is 105 cm³/mol. The highest BCUT2D eigenvalue weighted by Gasteiger charge is 2.46. The molecular formula is C15H23N3O15P2-2. The minimum absolute atomic E-state index is 0.126. The number of nitrogen functional groups attached to an aromatic ring is 1. The van der Waals surface area contributed by atoms with Crippen LogP contribution in [0.15, 0.2) is 17.1 Å². The van der Waals surface area contributed by atoms with Crippen molar-refractivity contribution in [3.8, 4) is 0 Å². The molecule has 11 atom stereocenters. The number of phosphoric acid groups is 2. The van der Waals surface area contributed by atoms with Gasteiger partial charge in [0.25, 0.3) is 15.6 Å². The number of hydrogen-bond acceptors (Lipinski definition) is 17. The molecule has 1 aromatic heterocycles. The Kier molecular flexibility index (Phi) is 8.52. The first-order chi connectivity index (χ1) is 16.1. The largest absolute Gasteiger partial charge is 0.756 e. The molecule has 2 aliphatic rings. The highest BCUT2D eigenvalue weighted by atomic mass is 31.3. The van der Waals surface area contributed by atoms with Crippen molar-refractivity contribution in [2.45, 2.75) is 62.2 Å². The van der Waals surface area contributed by atoms with Crippen molar-refractivity contribution in [1.82, 2.24) is 9.55 Å². The van der Waals surface area contributed by atoms with Crippen LogP contribution in [-0.4, -0.2) is 90.7 Å². The number of anilines is 1. The van der Waals surface area contributed by atoms with Crippen molar-refractivity contribution in [3.05, 3.63) is 22.7 Å². The summed E-state index contributed by atoms with van der Waals surface area (Å²) >= 11 is 0. The van der Waals surface area contributed by atoms with Gasteiger partial charge in [0, 0.05) is 6.20 Å². The van der Waals surface area contributed by atoms with Crippen LogP contribution in [0.3, 0.4) is 0 Å². The molecular weight excluding hydrogens is 524 g/mol. The zero-order valence-electron chi connectivity index (χ0n) is 17.7. The Bertz CT molecular complexity index is 1060. The number of rotatable bonds is 8. The Morgan fingerprint density at radius 2 is 1.71 bits per heavy atom. The third kappa shape index (κ3) is 6.51. The van der Waals surface area contributed by atoms with Crippen molar-refractivity contribution >= 4 is 21.5 Å². The second kappa shape index (κ2) is 10.6. The topological polar surface area (TPSA) is 288 Å².